The Bertz CT molecular complexity index is 2830. The molecular formula is C55H57NO15S2. The summed E-state index contributed by atoms with van der Waals surface area (Å²) in [5.41, 5.74) is -6.48. The largest absolute Gasteiger partial charge is 0.455 e. The molecule has 4 aromatic carbocycles. The molecular weight excluding hydrogens is 979 g/mol. The Kier molecular flexibility index (Phi) is 15.2. The van der Waals surface area contributed by atoms with Crippen LogP contribution in [0.1, 0.15) is 92.3 Å². The molecule has 3 aliphatic carbocycles. The number of nitrogens with one attached hydrogen (secondary N) is 1. The number of carbonyl (C=O) groups is 7. The summed E-state index contributed by atoms with van der Waals surface area (Å²) in [6, 6.07) is 30.3. The highest BCUT2D eigenvalue weighted by Crippen LogP contribution is 2.64. The predicted molar refractivity (Wildman–Crippen MR) is 267 cm³/mol. The fourth-order valence-corrected chi connectivity index (χ4v) is 12.9. The van der Waals surface area contributed by atoms with Crippen molar-refractivity contribution in [1.82, 2.24) is 5.32 Å². The average Bonchev–Trinajstić information content (AvgIpc) is 3.36. The molecule has 1 heterocycles. The summed E-state index contributed by atoms with van der Waals surface area (Å²) in [7, 11) is 1.79. The highest BCUT2D eigenvalue weighted by atomic mass is 33.1. The molecule has 4 aromatic rings. The smallest absolute Gasteiger partial charge is 0.379 e. The maximum atomic E-state index is 15.8. The number of benzene rings is 4. The van der Waals surface area contributed by atoms with Crippen LogP contribution in [-0.4, -0.2) is 106 Å². The van der Waals surface area contributed by atoms with Crippen LogP contribution in [0.4, 0.5) is 4.79 Å². The number of aliphatic hydroxyl groups is 2. The van der Waals surface area contributed by atoms with Crippen molar-refractivity contribution in [3.05, 3.63) is 149 Å². The Balaban J connectivity index is 1.29. The van der Waals surface area contributed by atoms with Gasteiger partial charge in [0.1, 0.15) is 30.0 Å². The van der Waals surface area contributed by atoms with Crippen LogP contribution in [0.3, 0.4) is 0 Å². The normalized spacial score (nSPS) is 28.7. The van der Waals surface area contributed by atoms with Gasteiger partial charge in [0.05, 0.1) is 29.6 Å². The van der Waals surface area contributed by atoms with Gasteiger partial charge in [-0.25, -0.2) is 14.4 Å². The van der Waals surface area contributed by atoms with E-state index in [-0.39, 0.29) is 35.3 Å². The van der Waals surface area contributed by atoms with Crippen LogP contribution in [0.25, 0.3) is 0 Å². The molecule has 8 rings (SSSR count). The number of rotatable bonds is 13. The van der Waals surface area contributed by atoms with Crippen molar-refractivity contribution in [1.29, 1.82) is 0 Å². The summed E-state index contributed by atoms with van der Waals surface area (Å²) in [4.78, 5) is 101. The SMILES string of the molecule is CC(=O)O[C@H]1C(=O)[C@@]2(C)[C@H]([C@H](OC(=O)c3ccccc3)[C@]3(O)C[C@H](OC(=O)[C@H](OC(=O)SSc4ccccc4C)[C@@H](NC(=O)c4ccccc4)c4ccccc4)C(C)=C1C3(C)C)[C@]1(OC(C)=O)CO[C@@H]1C[C@@H]2O. The van der Waals surface area contributed by atoms with Crippen LogP contribution >= 0.6 is 21.6 Å². The summed E-state index contributed by atoms with van der Waals surface area (Å²) in [6.45, 7) is 9.81. The maximum absolute atomic E-state index is 15.8. The number of Topliss-reactive ketones (excluding diaryl/α,β-unsaturated/α-hetero) is 1. The first-order valence-corrected chi connectivity index (χ1v) is 25.9. The molecule has 1 amide bonds. The van der Waals surface area contributed by atoms with Gasteiger partial charge >= 0.3 is 29.2 Å². The zero-order chi connectivity index (χ0) is 52.6. The van der Waals surface area contributed by atoms with E-state index in [1.54, 1.807) is 98.8 Å². The van der Waals surface area contributed by atoms with Gasteiger partial charge in [0.2, 0.25) is 6.10 Å². The number of aliphatic hydroxyl groups excluding tert-OH is 1. The standard InChI is InChI=1S/C55H57NO15S2/c1-30-19-17-18-26-38(30)72-73-51(64)69-44(42(34-20-11-8-12-21-34)56-48(61)35-22-13-9-14-23-35)50(63)68-37-28-55(65)47(70-49(62)36-24-15-10-16-25-36)45-53(7,39(59)27-40-54(45,29-66-40)71-33(4)58)46(60)43(67-32(3)57)41(31(37)2)52(55,5)6/h8-26,37,39-40,42-45,47,59,65H,27-29H2,1-7H3,(H,56,61)/t37-,39-,40+,42-,43+,44+,45-,47-,53+,54-,55+/m0/s1. The third-order valence-corrected chi connectivity index (χ3v) is 17.1. The number of esters is 4. The van der Waals surface area contributed by atoms with E-state index in [1.165, 1.54) is 26.0 Å². The molecule has 1 aliphatic heterocycles. The Morgan fingerprint density at radius 2 is 1.38 bits per heavy atom. The number of ketones is 1. The van der Waals surface area contributed by atoms with E-state index in [1.807, 2.05) is 25.1 Å². The fourth-order valence-electron chi connectivity index (χ4n) is 11.1. The predicted octanol–water partition coefficient (Wildman–Crippen LogP) is 7.63. The second-order valence-corrected chi connectivity index (χ2v) is 21.7. The number of aryl methyl sites for hydroxylation is 1. The van der Waals surface area contributed by atoms with E-state index in [0.29, 0.717) is 16.4 Å². The van der Waals surface area contributed by atoms with Crippen molar-refractivity contribution in [2.24, 2.45) is 16.7 Å². The fraction of sp³-hybridized carbons (Fsp3) is 0.400. The third kappa shape index (κ3) is 9.82. The number of hydrogen-bond acceptors (Lipinski definition) is 17. The number of hydrogen-bond donors (Lipinski definition) is 3. The van der Waals surface area contributed by atoms with E-state index >= 15 is 9.59 Å². The van der Waals surface area contributed by atoms with Crippen LogP contribution in [0.15, 0.2) is 131 Å². The van der Waals surface area contributed by atoms with Gasteiger partial charge in [0.15, 0.2) is 17.5 Å². The van der Waals surface area contributed by atoms with E-state index < -0.39 is 118 Å². The molecule has 16 nitrogen and oxygen atoms in total. The molecule has 2 saturated carbocycles. The number of ether oxygens (including phenoxy) is 6. The first-order valence-electron chi connectivity index (χ1n) is 23.8. The highest BCUT2D eigenvalue weighted by Gasteiger charge is 2.78. The minimum Gasteiger partial charge on any atom is -0.455 e. The molecule has 18 heteroatoms. The monoisotopic (exact) mass is 1040 g/mol. The van der Waals surface area contributed by atoms with Gasteiger partial charge in [-0.3, -0.25) is 19.2 Å². The van der Waals surface area contributed by atoms with Crippen LogP contribution in [0, 0.1) is 23.7 Å². The van der Waals surface area contributed by atoms with Gasteiger partial charge in [-0.2, -0.15) is 0 Å². The van der Waals surface area contributed by atoms with Crippen molar-refractivity contribution < 1.29 is 72.2 Å². The summed E-state index contributed by atoms with van der Waals surface area (Å²) >= 11 is 0. The van der Waals surface area contributed by atoms with Gasteiger partial charge in [-0.15, -0.1) is 0 Å². The van der Waals surface area contributed by atoms with Crippen molar-refractivity contribution in [3.63, 3.8) is 0 Å². The van der Waals surface area contributed by atoms with E-state index in [9.17, 15) is 34.2 Å². The summed E-state index contributed by atoms with van der Waals surface area (Å²) in [6.07, 6.45) is -10.7. The zero-order valence-electron chi connectivity index (χ0n) is 41.2. The Morgan fingerprint density at radius 3 is 1.97 bits per heavy atom. The summed E-state index contributed by atoms with van der Waals surface area (Å²) < 4.78 is 37.0. The molecule has 2 bridgehead atoms. The summed E-state index contributed by atoms with van der Waals surface area (Å²) in [5, 5.41) is 28.2. The molecule has 0 spiro atoms. The lowest BCUT2D eigenvalue weighted by molar-refractivity contribution is -0.346. The van der Waals surface area contributed by atoms with Crippen LogP contribution in [0.5, 0.6) is 0 Å². The van der Waals surface area contributed by atoms with Gasteiger partial charge in [-0.05, 0) is 84.2 Å². The molecule has 1 saturated heterocycles. The van der Waals surface area contributed by atoms with Crippen LogP contribution in [0.2, 0.25) is 0 Å². The lowest BCUT2D eigenvalue weighted by Gasteiger charge is -2.67. The molecule has 11 atom stereocenters. The second-order valence-electron chi connectivity index (χ2n) is 19.6. The van der Waals surface area contributed by atoms with Gasteiger partial charge in [-0.1, -0.05) is 98.8 Å². The van der Waals surface area contributed by atoms with E-state index in [2.05, 4.69) is 5.32 Å². The molecule has 3 N–H and O–H groups in total. The van der Waals surface area contributed by atoms with E-state index in [4.69, 9.17) is 28.4 Å². The molecule has 0 unspecified atom stereocenters. The zero-order valence-corrected chi connectivity index (χ0v) is 42.9. The summed E-state index contributed by atoms with van der Waals surface area (Å²) in [5.74, 6) is -6.96. The molecule has 4 aliphatic rings. The minimum atomic E-state index is -2.46. The number of fused-ring (bicyclic) bond motifs is 5. The molecule has 0 aromatic heterocycles. The van der Waals surface area contributed by atoms with Crippen molar-refractivity contribution >= 4 is 62.5 Å². The van der Waals surface area contributed by atoms with Crippen molar-refractivity contribution in [2.45, 2.75) is 120 Å². The molecule has 73 heavy (non-hydrogen) atoms. The van der Waals surface area contributed by atoms with Crippen LogP contribution in [-0.2, 0) is 47.6 Å². The second kappa shape index (κ2) is 20.9. The average molecular weight is 1040 g/mol. The number of carbonyl (C=O) groups excluding carboxylic acids is 7. The topological polar surface area (TPSA) is 227 Å². The first-order chi connectivity index (χ1) is 34.6. The Morgan fingerprint density at radius 1 is 0.781 bits per heavy atom. The molecule has 0 radical (unpaired) electrons. The lowest BCUT2D eigenvalue weighted by Crippen LogP contribution is -2.82. The van der Waals surface area contributed by atoms with Crippen LogP contribution < -0.4 is 5.32 Å². The highest BCUT2D eigenvalue weighted by molar-refractivity contribution is 8.82. The quantitative estimate of drug-likeness (QED) is 0.0506. The molecule has 384 valence electrons. The van der Waals surface area contributed by atoms with Gasteiger partial charge in [0.25, 0.3) is 5.91 Å². The van der Waals surface area contributed by atoms with Crippen molar-refractivity contribution in [2.75, 3.05) is 6.61 Å². The Labute approximate surface area is 430 Å². The lowest BCUT2D eigenvalue weighted by atomic mass is 9.44. The van der Waals surface area contributed by atoms with Gasteiger partial charge in [0, 0.05) is 53.4 Å². The molecule has 3 fully saturated rings. The maximum Gasteiger partial charge on any atom is 0.379 e. The van der Waals surface area contributed by atoms with Crippen molar-refractivity contribution in [3.8, 4) is 0 Å². The Hall–Kier alpha value is -6.31. The van der Waals surface area contributed by atoms with E-state index in [0.717, 1.165) is 35.1 Å². The third-order valence-electron chi connectivity index (χ3n) is 15.0. The number of amides is 1. The van der Waals surface area contributed by atoms with Gasteiger partial charge < -0.3 is 44.0 Å². The minimum absolute atomic E-state index is 0.0314. The first kappa shape index (κ1) is 53.0.